The number of hydrogen-bond donors (Lipinski definition) is 2. The lowest BCUT2D eigenvalue weighted by Gasteiger charge is -2.38. The summed E-state index contributed by atoms with van der Waals surface area (Å²) in [5.74, 6) is -0.181. The van der Waals surface area contributed by atoms with Crippen molar-refractivity contribution < 1.29 is 19.7 Å². The molecule has 1 aliphatic heterocycles. The number of carboxylic acid groups (broad SMARTS) is 1. The third kappa shape index (κ3) is 3.26. The summed E-state index contributed by atoms with van der Waals surface area (Å²) in [6.45, 7) is 0.895. The Kier molecular flexibility index (Phi) is 5.36. The summed E-state index contributed by atoms with van der Waals surface area (Å²) < 4.78 is 5.97. The van der Waals surface area contributed by atoms with Gasteiger partial charge in [0.05, 0.1) is 12.7 Å². The smallest absolute Gasteiger partial charge is 0.303 e. The van der Waals surface area contributed by atoms with Gasteiger partial charge in [0.1, 0.15) is 0 Å². The van der Waals surface area contributed by atoms with Crippen molar-refractivity contribution in [3.05, 3.63) is 48.0 Å². The Bertz CT molecular complexity index is 583. The van der Waals surface area contributed by atoms with E-state index in [2.05, 4.69) is 36.4 Å². The molecule has 0 unspecified atom stereocenters. The van der Waals surface area contributed by atoms with Crippen LogP contribution in [0.4, 0.5) is 0 Å². The quantitative estimate of drug-likeness (QED) is 0.567. The molecule has 2 bridgehead atoms. The van der Waals surface area contributed by atoms with Crippen LogP contribution in [0.25, 0.3) is 0 Å². The number of benzene rings is 1. The molecule has 1 saturated carbocycles. The van der Waals surface area contributed by atoms with Crippen LogP contribution < -0.4 is 0 Å². The number of carboxylic acids is 1. The Morgan fingerprint density at radius 2 is 2.08 bits per heavy atom. The first-order chi connectivity index (χ1) is 11.7. The number of aliphatic hydroxyl groups excluding tert-OH is 1. The van der Waals surface area contributed by atoms with Crippen molar-refractivity contribution in [2.75, 3.05) is 13.2 Å². The van der Waals surface area contributed by atoms with E-state index in [0.717, 1.165) is 25.9 Å². The van der Waals surface area contributed by atoms with Gasteiger partial charge >= 0.3 is 5.97 Å². The van der Waals surface area contributed by atoms with Crippen LogP contribution in [0, 0.1) is 11.8 Å². The highest BCUT2D eigenvalue weighted by Crippen LogP contribution is 2.56. The van der Waals surface area contributed by atoms with Gasteiger partial charge in [0.25, 0.3) is 0 Å². The molecule has 2 fully saturated rings. The van der Waals surface area contributed by atoms with Crippen LogP contribution in [0.3, 0.4) is 0 Å². The first-order valence-corrected chi connectivity index (χ1v) is 8.82. The summed E-state index contributed by atoms with van der Waals surface area (Å²) >= 11 is 0. The van der Waals surface area contributed by atoms with Crippen molar-refractivity contribution in [3.63, 3.8) is 0 Å². The fourth-order valence-electron chi connectivity index (χ4n) is 4.50. The van der Waals surface area contributed by atoms with Crippen LogP contribution in [0.15, 0.2) is 42.5 Å². The summed E-state index contributed by atoms with van der Waals surface area (Å²) in [5, 5.41) is 18.5. The first kappa shape index (κ1) is 17.2. The number of aliphatic carboxylic acids is 1. The summed E-state index contributed by atoms with van der Waals surface area (Å²) in [6, 6.07) is 10.5. The molecule has 4 heteroatoms. The fraction of sp³-hybridized carbons (Fsp3) is 0.550. The van der Waals surface area contributed by atoms with E-state index in [-0.39, 0.29) is 30.5 Å². The molecule has 0 amide bonds. The number of hydrogen-bond acceptors (Lipinski definition) is 3. The molecule has 1 saturated heterocycles. The van der Waals surface area contributed by atoms with Crippen LogP contribution in [0.5, 0.6) is 0 Å². The molecule has 130 valence electrons. The Hall–Kier alpha value is -1.65. The van der Waals surface area contributed by atoms with Gasteiger partial charge in [-0.2, -0.15) is 0 Å². The minimum atomic E-state index is -0.739. The molecule has 3 rings (SSSR count). The van der Waals surface area contributed by atoms with Gasteiger partial charge in [-0.3, -0.25) is 4.79 Å². The maximum Gasteiger partial charge on any atom is 0.303 e. The number of unbranched alkanes of at least 4 members (excludes halogenated alkanes) is 1. The lowest BCUT2D eigenvalue weighted by Crippen LogP contribution is -2.40. The van der Waals surface area contributed by atoms with Crippen LogP contribution in [0.2, 0.25) is 0 Å². The Morgan fingerprint density at radius 1 is 1.29 bits per heavy atom. The van der Waals surface area contributed by atoms with E-state index in [1.807, 2.05) is 6.07 Å². The zero-order chi connectivity index (χ0) is 17.0. The minimum absolute atomic E-state index is 0.00469. The van der Waals surface area contributed by atoms with Gasteiger partial charge in [0.15, 0.2) is 0 Å². The molecule has 0 aromatic heterocycles. The molecule has 1 heterocycles. The van der Waals surface area contributed by atoms with Gasteiger partial charge in [0.2, 0.25) is 0 Å². The molecule has 1 aliphatic carbocycles. The molecule has 24 heavy (non-hydrogen) atoms. The zero-order valence-electron chi connectivity index (χ0n) is 13.9. The van der Waals surface area contributed by atoms with E-state index in [4.69, 9.17) is 9.84 Å². The topological polar surface area (TPSA) is 66.8 Å². The van der Waals surface area contributed by atoms with Crippen molar-refractivity contribution in [2.45, 2.75) is 43.6 Å². The minimum Gasteiger partial charge on any atom is -0.481 e. The van der Waals surface area contributed by atoms with Gasteiger partial charge in [0, 0.05) is 24.4 Å². The molecule has 2 N–H and O–H groups in total. The molecule has 4 atom stereocenters. The largest absolute Gasteiger partial charge is 0.481 e. The average molecular weight is 330 g/mol. The van der Waals surface area contributed by atoms with Gasteiger partial charge in [-0.15, -0.1) is 0 Å². The monoisotopic (exact) mass is 330 g/mol. The molecule has 0 spiro atoms. The third-order valence-corrected chi connectivity index (χ3v) is 5.70. The summed E-state index contributed by atoms with van der Waals surface area (Å²) in [5.41, 5.74) is 1.32. The second-order valence-corrected chi connectivity index (χ2v) is 7.02. The highest BCUT2D eigenvalue weighted by molar-refractivity contribution is 5.66. The molecule has 1 aromatic rings. The summed E-state index contributed by atoms with van der Waals surface area (Å²) in [7, 11) is 0. The van der Waals surface area contributed by atoms with E-state index in [1.54, 1.807) is 0 Å². The Morgan fingerprint density at radius 3 is 2.79 bits per heavy atom. The van der Waals surface area contributed by atoms with E-state index in [9.17, 15) is 9.90 Å². The molecule has 0 radical (unpaired) electrons. The molecular weight excluding hydrogens is 304 g/mol. The molecule has 4 nitrogen and oxygen atoms in total. The van der Waals surface area contributed by atoms with Crippen molar-refractivity contribution >= 4 is 5.97 Å². The average Bonchev–Trinajstić information content (AvgIpc) is 3.16. The van der Waals surface area contributed by atoms with E-state index in [1.165, 1.54) is 5.56 Å². The number of rotatable bonds is 8. The highest BCUT2D eigenvalue weighted by atomic mass is 16.5. The van der Waals surface area contributed by atoms with Crippen molar-refractivity contribution in [3.8, 4) is 0 Å². The van der Waals surface area contributed by atoms with Crippen molar-refractivity contribution in [2.24, 2.45) is 11.8 Å². The summed E-state index contributed by atoms with van der Waals surface area (Å²) in [4.78, 5) is 10.5. The second kappa shape index (κ2) is 7.49. The Balaban J connectivity index is 1.69. The van der Waals surface area contributed by atoms with Crippen LogP contribution in [0.1, 0.15) is 37.7 Å². The standard InChI is InChI=1S/C20H26O4/c21-13-16-17(10-6-1-2-7-11-19(22)23)20(12-18(16)24-14-20)15-8-4-3-5-9-15/h1,3-6,8-9,16-18,21H,2,7,10-14H2,(H,22,23)/b6-1-/t16-,17-,18-,20-/m1/s1. The van der Waals surface area contributed by atoms with Crippen molar-refractivity contribution in [1.82, 2.24) is 0 Å². The number of carbonyl (C=O) groups is 1. The number of fused-ring (bicyclic) bond motifs is 2. The van der Waals surface area contributed by atoms with Crippen molar-refractivity contribution in [1.29, 1.82) is 0 Å². The maximum atomic E-state index is 10.5. The third-order valence-electron chi connectivity index (χ3n) is 5.70. The lowest BCUT2D eigenvalue weighted by atomic mass is 9.69. The van der Waals surface area contributed by atoms with Gasteiger partial charge in [-0.05, 0) is 37.2 Å². The second-order valence-electron chi connectivity index (χ2n) is 7.02. The van der Waals surface area contributed by atoms with E-state index in [0.29, 0.717) is 12.3 Å². The molecular formula is C20H26O4. The van der Waals surface area contributed by atoms with E-state index < -0.39 is 5.97 Å². The first-order valence-electron chi connectivity index (χ1n) is 8.82. The predicted octanol–water partition coefficient (Wildman–Crippen LogP) is 3.15. The summed E-state index contributed by atoms with van der Waals surface area (Å²) in [6.07, 6.45) is 7.99. The molecule has 1 aromatic carbocycles. The van der Waals surface area contributed by atoms with Gasteiger partial charge in [-0.1, -0.05) is 42.5 Å². The van der Waals surface area contributed by atoms with Crippen LogP contribution in [-0.4, -0.2) is 35.5 Å². The number of allylic oxidation sites excluding steroid dienone is 2. The molecule has 2 aliphatic rings. The van der Waals surface area contributed by atoms with Crippen LogP contribution >= 0.6 is 0 Å². The zero-order valence-corrected chi connectivity index (χ0v) is 13.9. The van der Waals surface area contributed by atoms with Gasteiger partial charge in [-0.25, -0.2) is 0 Å². The van der Waals surface area contributed by atoms with E-state index >= 15 is 0 Å². The maximum absolute atomic E-state index is 10.5. The Labute approximate surface area is 143 Å². The number of ether oxygens (including phenoxy) is 1. The van der Waals surface area contributed by atoms with Crippen LogP contribution in [-0.2, 0) is 14.9 Å². The van der Waals surface area contributed by atoms with Gasteiger partial charge < -0.3 is 14.9 Å². The lowest BCUT2D eigenvalue weighted by molar-refractivity contribution is -0.137. The highest BCUT2D eigenvalue weighted by Gasteiger charge is 2.58. The predicted molar refractivity (Wildman–Crippen MR) is 91.8 cm³/mol. The fourth-order valence-corrected chi connectivity index (χ4v) is 4.50. The number of aliphatic hydroxyl groups is 1. The normalized spacial score (nSPS) is 31.8. The SMILES string of the molecule is O=C(O)CCC/C=C\C[C@@H]1[C@@H](CO)[C@H]2C[C@]1(c1ccccc1)CO2.